The van der Waals surface area contributed by atoms with Gasteiger partial charge in [-0.05, 0) is 89.9 Å². The Morgan fingerprint density at radius 3 is 1.26 bits per heavy atom. The molecule has 0 amide bonds. The summed E-state index contributed by atoms with van der Waals surface area (Å²) in [6, 6.07) is 0. The van der Waals surface area contributed by atoms with E-state index in [1.165, 1.54) is 64.2 Å². The standard InChI is InChI=1S/C52H88O6/c1-4-7-10-13-16-19-22-25-28-30-33-36-39-42-45-51(54)57-48-49(58-52(55)46-43-40-37-34-31-27-24-21-18-15-12-9-6-3)47-56-50(53)44-41-38-35-32-29-26-23-20-17-14-11-8-5-2/h7,9-10,12,15-16,18-19,21,24,26,29,49H,4-6,8,11,13-14,17,20,22-23,25,27-28,30-48H2,1-3H3/b10-7+,12-9+,18-15+,19-16+,24-21+,29-26+. The average Bonchev–Trinajstić information content (AvgIpc) is 3.22. The van der Waals surface area contributed by atoms with Crippen LogP contribution in [0.4, 0.5) is 0 Å². The molecule has 0 aromatic rings. The molecule has 0 bridgehead atoms. The van der Waals surface area contributed by atoms with Crippen LogP contribution in [0.15, 0.2) is 72.9 Å². The Balaban J connectivity index is 4.45. The molecule has 1 atom stereocenters. The Hall–Kier alpha value is -3.15. The van der Waals surface area contributed by atoms with Crippen molar-refractivity contribution in [2.24, 2.45) is 0 Å². The molecule has 332 valence electrons. The topological polar surface area (TPSA) is 78.9 Å². The molecule has 0 saturated carbocycles. The molecule has 0 N–H and O–H groups in total. The van der Waals surface area contributed by atoms with Gasteiger partial charge in [-0.3, -0.25) is 14.4 Å². The Morgan fingerprint density at radius 1 is 0.379 bits per heavy atom. The zero-order valence-electron chi connectivity index (χ0n) is 37.8. The summed E-state index contributed by atoms with van der Waals surface area (Å²) < 4.78 is 16.7. The summed E-state index contributed by atoms with van der Waals surface area (Å²) in [5.41, 5.74) is 0. The van der Waals surface area contributed by atoms with Gasteiger partial charge in [-0.15, -0.1) is 0 Å². The monoisotopic (exact) mass is 809 g/mol. The van der Waals surface area contributed by atoms with Crippen molar-refractivity contribution in [3.05, 3.63) is 72.9 Å². The Morgan fingerprint density at radius 2 is 0.759 bits per heavy atom. The first-order valence-corrected chi connectivity index (χ1v) is 24.0. The van der Waals surface area contributed by atoms with Crippen molar-refractivity contribution in [2.75, 3.05) is 13.2 Å². The van der Waals surface area contributed by atoms with Crippen molar-refractivity contribution in [1.29, 1.82) is 0 Å². The van der Waals surface area contributed by atoms with Gasteiger partial charge in [-0.25, -0.2) is 0 Å². The van der Waals surface area contributed by atoms with Crippen LogP contribution in [-0.2, 0) is 28.6 Å². The molecule has 0 rings (SSSR count). The molecule has 0 aromatic heterocycles. The predicted octanol–water partition coefficient (Wildman–Crippen LogP) is 15.5. The number of esters is 3. The number of hydrogen-bond acceptors (Lipinski definition) is 6. The minimum Gasteiger partial charge on any atom is -0.462 e. The fourth-order valence-electron chi connectivity index (χ4n) is 6.41. The number of carbonyl (C=O) groups is 3. The average molecular weight is 809 g/mol. The Labute approximate surface area is 357 Å². The van der Waals surface area contributed by atoms with E-state index in [1.54, 1.807) is 0 Å². The number of ether oxygens (including phenoxy) is 3. The minimum absolute atomic E-state index is 0.0934. The van der Waals surface area contributed by atoms with Gasteiger partial charge in [0.15, 0.2) is 6.10 Å². The molecule has 0 aliphatic carbocycles. The molecule has 6 nitrogen and oxygen atoms in total. The third-order valence-corrected chi connectivity index (χ3v) is 9.99. The number of hydrogen-bond donors (Lipinski definition) is 0. The van der Waals surface area contributed by atoms with Gasteiger partial charge in [0.1, 0.15) is 13.2 Å². The van der Waals surface area contributed by atoms with Crippen molar-refractivity contribution in [3.63, 3.8) is 0 Å². The van der Waals surface area contributed by atoms with Crippen LogP contribution < -0.4 is 0 Å². The lowest BCUT2D eigenvalue weighted by Crippen LogP contribution is -2.30. The third-order valence-electron chi connectivity index (χ3n) is 9.99. The Bertz CT molecular complexity index is 1110. The normalized spacial score (nSPS) is 12.7. The van der Waals surface area contributed by atoms with Crippen LogP contribution in [0.2, 0.25) is 0 Å². The highest BCUT2D eigenvalue weighted by Gasteiger charge is 2.19. The van der Waals surface area contributed by atoms with Gasteiger partial charge in [-0.2, -0.15) is 0 Å². The summed E-state index contributed by atoms with van der Waals surface area (Å²) in [4.78, 5) is 37.8. The summed E-state index contributed by atoms with van der Waals surface area (Å²) in [5, 5.41) is 0. The second-order valence-corrected chi connectivity index (χ2v) is 15.7. The maximum Gasteiger partial charge on any atom is 0.306 e. The number of allylic oxidation sites excluding steroid dienone is 12. The smallest absolute Gasteiger partial charge is 0.306 e. The Kier molecular flexibility index (Phi) is 44.0. The van der Waals surface area contributed by atoms with Gasteiger partial charge in [0.2, 0.25) is 0 Å². The van der Waals surface area contributed by atoms with E-state index in [1.807, 2.05) is 0 Å². The van der Waals surface area contributed by atoms with E-state index in [0.29, 0.717) is 19.3 Å². The highest BCUT2D eigenvalue weighted by atomic mass is 16.6. The van der Waals surface area contributed by atoms with Gasteiger partial charge in [0, 0.05) is 19.3 Å². The third kappa shape index (κ3) is 44.0. The molecule has 1 unspecified atom stereocenters. The van der Waals surface area contributed by atoms with Gasteiger partial charge in [0.25, 0.3) is 0 Å². The molecule has 0 aliphatic heterocycles. The summed E-state index contributed by atoms with van der Waals surface area (Å²) in [7, 11) is 0. The molecule has 0 heterocycles. The lowest BCUT2D eigenvalue weighted by atomic mass is 10.1. The van der Waals surface area contributed by atoms with Crippen molar-refractivity contribution in [1.82, 2.24) is 0 Å². The first-order chi connectivity index (χ1) is 28.5. The first kappa shape index (κ1) is 54.9. The lowest BCUT2D eigenvalue weighted by Gasteiger charge is -2.18. The summed E-state index contributed by atoms with van der Waals surface area (Å²) in [5.74, 6) is -0.941. The zero-order valence-corrected chi connectivity index (χ0v) is 37.8. The van der Waals surface area contributed by atoms with Crippen molar-refractivity contribution in [3.8, 4) is 0 Å². The van der Waals surface area contributed by atoms with Crippen LogP contribution in [0, 0.1) is 0 Å². The van der Waals surface area contributed by atoms with Crippen LogP contribution in [-0.4, -0.2) is 37.2 Å². The number of carbonyl (C=O) groups excluding carboxylic acids is 3. The molecule has 58 heavy (non-hydrogen) atoms. The van der Waals surface area contributed by atoms with E-state index in [-0.39, 0.29) is 31.1 Å². The summed E-state index contributed by atoms with van der Waals surface area (Å²) in [6.07, 6.45) is 57.4. The maximum absolute atomic E-state index is 12.7. The molecule has 6 heteroatoms. The predicted molar refractivity (Wildman–Crippen MR) is 247 cm³/mol. The van der Waals surface area contributed by atoms with Crippen molar-refractivity contribution >= 4 is 17.9 Å². The zero-order chi connectivity index (χ0) is 42.3. The molecule has 0 saturated heterocycles. The molecular weight excluding hydrogens is 721 g/mol. The summed E-state index contributed by atoms with van der Waals surface area (Å²) >= 11 is 0. The number of unbranched alkanes of at least 4 members (excludes halogenated alkanes) is 21. The fraction of sp³-hybridized carbons (Fsp3) is 0.712. The molecule has 0 aliphatic rings. The van der Waals surface area contributed by atoms with E-state index in [4.69, 9.17) is 14.2 Å². The largest absolute Gasteiger partial charge is 0.462 e. The second kappa shape index (κ2) is 46.5. The molecular formula is C52H88O6. The highest BCUT2D eigenvalue weighted by molar-refractivity contribution is 5.71. The number of rotatable bonds is 42. The quantitative estimate of drug-likeness (QED) is 0.0201. The van der Waals surface area contributed by atoms with E-state index in [2.05, 4.69) is 93.7 Å². The SMILES string of the molecule is CC/C=C/C=C/C=C/CCCCCCCC(=O)OC(COC(=O)CCCCC/C=C/CCCCCCCC)COC(=O)CCCCCCCCC/C=C/C/C=C/CC. The maximum atomic E-state index is 12.7. The van der Waals surface area contributed by atoms with Gasteiger partial charge in [0.05, 0.1) is 0 Å². The minimum atomic E-state index is -0.793. The van der Waals surface area contributed by atoms with Crippen LogP contribution in [0.1, 0.15) is 220 Å². The first-order valence-electron chi connectivity index (χ1n) is 24.0. The van der Waals surface area contributed by atoms with Crippen LogP contribution >= 0.6 is 0 Å². The highest BCUT2D eigenvalue weighted by Crippen LogP contribution is 2.13. The van der Waals surface area contributed by atoms with Crippen LogP contribution in [0.3, 0.4) is 0 Å². The molecule has 0 radical (unpaired) electrons. The van der Waals surface area contributed by atoms with Crippen LogP contribution in [0.5, 0.6) is 0 Å². The van der Waals surface area contributed by atoms with Gasteiger partial charge in [-0.1, -0.05) is 184 Å². The van der Waals surface area contributed by atoms with E-state index < -0.39 is 6.10 Å². The lowest BCUT2D eigenvalue weighted by molar-refractivity contribution is -0.167. The van der Waals surface area contributed by atoms with Gasteiger partial charge < -0.3 is 14.2 Å². The molecule has 0 spiro atoms. The molecule has 0 fully saturated rings. The summed E-state index contributed by atoms with van der Waals surface area (Å²) in [6.45, 7) is 6.34. The van der Waals surface area contributed by atoms with Crippen molar-refractivity contribution in [2.45, 2.75) is 226 Å². The van der Waals surface area contributed by atoms with Crippen LogP contribution in [0.25, 0.3) is 0 Å². The second-order valence-electron chi connectivity index (χ2n) is 15.7. The van der Waals surface area contributed by atoms with E-state index >= 15 is 0 Å². The molecule has 0 aromatic carbocycles. The van der Waals surface area contributed by atoms with Gasteiger partial charge >= 0.3 is 17.9 Å². The van der Waals surface area contributed by atoms with E-state index in [9.17, 15) is 14.4 Å². The van der Waals surface area contributed by atoms with E-state index in [0.717, 1.165) is 116 Å². The van der Waals surface area contributed by atoms with Crippen molar-refractivity contribution < 1.29 is 28.6 Å². The fourth-order valence-corrected chi connectivity index (χ4v) is 6.41.